The van der Waals surface area contributed by atoms with E-state index in [0.717, 1.165) is 24.1 Å². The monoisotopic (exact) mass is 296 g/mol. The van der Waals surface area contributed by atoms with Crippen molar-refractivity contribution in [3.05, 3.63) is 52.5 Å². The van der Waals surface area contributed by atoms with E-state index in [4.69, 9.17) is 10.5 Å². The molecular weight excluding hydrogens is 280 g/mol. The summed E-state index contributed by atoms with van der Waals surface area (Å²) in [6.45, 7) is 2.06. The van der Waals surface area contributed by atoms with Crippen molar-refractivity contribution in [3.8, 4) is 17.7 Å². The number of aryl methyl sites for hydroxylation is 1. The summed E-state index contributed by atoms with van der Waals surface area (Å²) < 4.78 is 5.46. The summed E-state index contributed by atoms with van der Waals surface area (Å²) in [4.78, 5) is 0. The lowest BCUT2D eigenvalue weighted by Gasteiger charge is -2.24. The van der Waals surface area contributed by atoms with E-state index in [-0.39, 0.29) is 17.2 Å². The number of nitrogens with zero attached hydrogens (tertiary/aromatic N) is 2. The molecule has 0 saturated heterocycles. The van der Waals surface area contributed by atoms with Crippen LogP contribution in [0.5, 0.6) is 11.6 Å². The largest absolute Gasteiger partial charge is 0.508 e. The first-order valence-corrected chi connectivity index (χ1v) is 7.10. The number of benzene rings is 1. The molecule has 112 valence electrons. The molecule has 1 unspecified atom stereocenters. The lowest BCUT2D eigenvalue weighted by molar-refractivity contribution is 0.377. The first-order valence-electron chi connectivity index (χ1n) is 7.10. The maximum atomic E-state index is 10.2. The number of fused-ring (bicyclic) bond motifs is 1. The molecule has 1 aromatic carbocycles. The van der Waals surface area contributed by atoms with Crippen molar-refractivity contribution in [1.82, 2.24) is 10.2 Å². The fourth-order valence-corrected chi connectivity index (χ4v) is 2.79. The van der Waals surface area contributed by atoms with Gasteiger partial charge < -0.3 is 15.6 Å². The molecule has 0 radical (unpaired) electrons. The number of aromatic amines is 1. The predicted molar refractivity (Wildman–Crippen MR) is 80.0 cm³/mol. The third kappa shape index (κ3) is 2.07. The third-order valence-corrected chi connectivity index (χ3v) is 3.77. The zero-order valence-corrected chi connectivity index (χ0v) is 12.1. The van der Waals surface area contributed by atoms with Crippen molar-refractivity contribution in [2.75, 3.05) is 0 Å². The van der Waals surface area contributed by atoms with Gasteiger partial charge in [0.2, 0.25) is 11.8 Å². The van der Waals surface area contributed by atoms with Gasteiger partial charge in [-0.25, -0.2) is 0 Å². The maximum absolute atomic E-state index is 10.2. The molecule has 22 heavy (non-hydrogen) atoms. The van der Waals surface area contributed by atoms with E-state index in [0.29, 0.717) is 11.4 Å². The number of nitrogens with one attached hydrogen (secondary N) is 1. The highest BCUT2D eigenvalue weighted by atomic mass is 16.5. The lowest BCUT2D eigenvalue weighted by atomic mass is 9.83. The SMILES string of the molecule is CCCc1[nH]nc2c1C(c1ccccc1O)C(C#N)=C(N)O2. The predicted octanol–water partition coefficient (Wildman–Crippen LogP) is 2.29. The standard InChI is InChI=1S/C16H16N4O2/c1-2-5-11-14-13(9-6-3-4-7-12(9)21)10(8-17)15(18)22-16(14)20-19-11/h3-4,6-7,13,21H,2,5,18H2,1H3,(H,19,20). The number of allylic oxidation sites excluding steroid dienone is 1. The van der Waals surface area contributed by atoms with Gasteiger partial charge in [-0.15, -0.1) is 5.10 Å². The number of hydrogen-bond acceptors (Lipinski definition) is 5. The Morgan fingerprint density at radius 3 is 2.91 bits per heavy atom. The van der Waals surface area contributed by atoms with Gasteiger partial charge in [0.15, 0.2) is 0 Å². The second-order valence-electron chi connectivity index (χ2n) is 5.15. The van der Waals surface area contributed by atoms with Gasteiger partial charge in [0.25, 0.3) is 0 Å². The van der Waals surface area contributed by atoms with Crippen LogP contribution < -0.4 is 10.5 Å². The smallest absolute Gasteiger partial charge is 0.244 e. The molecule has 1 aliphatic heterocycles. The Kier molecular flexibility index (Phi) is 3.47. The minimum Gasteiger partial charge on any atom is -0.508 e. The van der Waals surface area contributed by atoms with Crippen molar-refractivity contribution in [2.24, 2.45) is 5.73 Å². The molecule has 0 amide bonds. The molecule has 1 aromatic heterocycles. The Hall–Kier alpha value is -2.94. The summed E-state index contributed by atoms with van der Waals surface area (Å²) in [6, 6.07) is 9.03. The minimum absolute atomic E-state index is 0.0257. The number of ether oxygens (including phenoxy) is 1. The molecule has 6 nitrogen and oxygen atoms in total. The molecule has 3 rings (SSSR count). The molecule has 0 fully saturated rings. The Balaban J connectivity index is 2.24. The molecule has 0 aliphatic carbocycles. The van der Waals surface area contributed by atoms with Crippen LogP contribution in [-0.2, 0) is 6.42 Å². The summed E-state index contributed by atoms with van der Waals surface area (Å²) in [5.74, 6) is 0.0332. The Labute approximate surface area is 127 Å². The van der Waals surface area contributed by atoms with Crippen LogP contribution in [0.3, 0.4) is 0 Å². The van der Waals surface area contributed by atoms with Crippen molar-refractivity contribution in [2.45, 2.75) is 25.7 Å². The van der Waals surface area contributed by atoms with E-state index >= 15 is 0 Å². The molecule has 2 heterocycles. The Morgan fingerprint density at radius 1 is 1.45 bits per heavy atom. The van der Waals surface area contributed by atoms with Crippen LogP contribution in [0.2, 0.25) is 0 Å². The molecule has 0 bridgehead atoms. The molecule has 1 atom stereocenters. The van der Waals surface area contributed by atoms with Crippen molar-refractivity contribution >= 4 is 0 Å². The van der Waals surface area contributed by atoms with Gasteiger partial charge in [0.05, 0.1) is 11.5 Å². The first kappa shape index (κ1) is 14.0. The summed E-state index contributed by atoms with van der Waals surface area (Å²) in [7, 11) is 0. The number of phenols is 1. The number of nitrogens with two attached hydrogens (primary N) is 1. The number of para-hydroxylation sites is 1. The number of nitriles is 1. The van der Waals surface area contributed by atoms with Gasteiger partial charge in [-0.3, -0.25) is 5.10 Å². The quantitative estimate of drug-likeness (QED) is 0.805. The highest BCUT2D eigenvalue weighted by Crippen LogP contribution is 2.45. The lowest BCUT2D eigenvalue weighted by Crippen LogP contribution is -2.21. The van der Waals surface area contributed by atoms with Crippen LogP contribution in [0.1, 0.15) is 36.1 Å². The second-order valence-corrected chi connectivity index (χ2v) is 5.15. The molecule has 2 aromatic rings. The Morgan fingerprint density at radius 2 is 2.23 bits per heavy atom. The van der Waals surface area contributed by atoms with Crippen molar-refractivity contribution < 1.29 is 9.84 Å². The van der Waals surface area contributed by atoms with Gasteiger partial charge in [0.1, 0.15) is 17.4 Å². The summed E-state index contributed by atoms with van der Waals surface area (Å²) in [5.41, 5.74) is 8.43. The van der Waals surface area contributed by atoms with Crippen LogP contribution in [0.25, 0.3) is 0 Å². The van der Waals surface area contributed by atoms with Crippen LogP contribution in [0.4, 0.5) is 0 Å². The third-order valence-electron chi connectivity index (χ3n) is 3.77. The Bertz CT molecular complexity index is 786. The van der Waals surface area contributed by atoms with Gasteiger partial charge >= 0.3 is 0 Å². The van der Waals surface area contributed by atoms with Gasteiger partial charge in [-0.2, -0.15) is 5.26 Å². The van der Waals surface area contributed by atoms with Crippen molar-refractivity contribution in [3.63, 3.8) is 0 Å². The number of phenolic OH excluding ortho intramolecular Hbond substituents is 1. The molecule has 4 N–H and O–H groups in total. The minimum atomic E-state index is -0.477. The first-order chi connectivity index (χ1) is 10.7. The summed E-state index contributed by atoms with van der Waals surface area (Å²) in [5, 5.41) is 26.8. The molecular formula is C16H16N4O2. The van der Waals surface area contributed by atoms with E-state index in [1.54, 1.807) is 18.2 Å². The van der Waals surface area contributed by atoms with Gasteiger partial charge in [-0.05, 0) is 12.5 Å². The van der Waals surface area contributed by atoms with E-state index in [9.17, 15) is 10.4 Å². The van der Waals surface area contributed by atoms with Gasteiger partial charge in [-0.1, -0.05) is 31.5 Å². The highest BCUT2D eigenvalue weighted by molar-refractivity contribution is 5.57. The van der Waals surface area contributed by atoms with E-state index in [1.807, 2.05) is 6.07 Å². The van der Waals surface area contributed by atoms with Crippen molar-refractivity contribution in [1.29, 1.82) is 5.26 Å². The fraction of sp³-hybridized carbons (Fsp3) is 0.250. The van der Waals surface area contributed by atoms with E-state index < -0.39 is 5.92 Å². The van der Waals surface area contributed by atoms with Crippen LogP contribution in [0.15, 0.2) is 35.7 Å². The van der Waals surface area contributed by atoms with Gasteiger partial charge in [0, 0.05) is 11.3 Å². The van der Waals surface area contributed by atoms with E-state index in [2.05, 4.69) is 23.2 Å². The zero-order chi connectivity index (χ0) is 15.7. The normalized spacial score (nSPS) is 16.8. The average Bonchev–Trinajstić information content (AvgIpc) is 2.89. The zero-order valence-electron chi connectivity index (χ0n) is 12.1. The molecule has 1 aliphatic rings. The van der Waals surface area contributed by atoms with Crippen LogP contribution in [0, 0.1) is 11.3 Å². The summed E-state index contributed by atoms with van der Waals surface area (Å²) >= 11 is 0. The van der Waals surface area contributed by atoms with Crippen LogP contribution in [-0.4, -0.2) is 15.3 Å². The highest BCUT2D eigenvalue weighted by Gasteiger charge is 2.36. The summed E-state index contributed by atoms with van der Waals surface area (Å²) in [6.07, 6.45) is 1.69. The topological polar surface area (TPSA) is 108 Å². The maximum Gasteiger partial charge on any atom is 0.244 e. The second kappa shape index (κ2) is 5.45. The van der Waals surface area contributed by atoms with E-state index in [1.165, 1.54) is 0 Å². The number of hydrogen-bond donors (Lipinski definition) is 3. The van der Waals surface area contributed by atoms with Crippen LogP contribution >= 0.6 is 0 Å². The fourth-order valence-electron chi connectivity index (χ4n) is 2.79. The average molecular weight is 296 g/mol. The number of rotatable bonds is 3. The number of aromatic nitrogens is 2. The number of H-pyrrole nitrogens is 1. The molecule has 6 heteroatoms. The molecule has 0 saturated carbocycles. The molecule has 0 spiro atoms. The number of aromatic hydroxyl groups is 1.